The second-order valence-electron chi connectivity index (χ2n) is 26.0. The number of likely N-dealkylation sites (tertiary alicyclic amines) is 1. The minimum Gasteiger partial charge on any atom is -0.445 e. The lowest BCUT2D eigenvalue weighted by Crippen LogP contribution is -2.60. The number of ether oxygens (including phenoxy) is 3. The number of carbonyl (C=O) groups is 11. The average Bonchev–Trinajstić information content (AvgIpc) is 1.47. The molecule has 0 aliphatic carbocycles. The van der Waals surface area contributed by atoms with Gasteiger partial charge in [0.25, 0.3) is 11.8 Å². The van der Waals surface area contributed by atoms with Crippen molar-refractivity contribution in [3.63, 3.8) is 0 Å². The molecule has 0 saturated carbocycles. The van der Waals surface area contributed by atoms with Crippen LogP contribution in [0.2, 0.25) is 0 Å². The van der Waals surface area contributed by atoms with Crippen molar-refractivity contribution in [3.8, 4) is 0 Å². The number of nitrogens with zero attached hydrogens (tertiary/aromatic N) is 4. The van der Waals surface area contributed by atoms with Gasteiger partial charge in [0.15, 0.2) is 0 Å². The number of benzene rings is 2. The van der Waals surface area contributed by atoms with Gasteiger partial charge in [-0.3, -0.25) is 53.0 Å². The summed E-state index contributed by atoms with van der Waals surface area (Å²) < 4.78 is 18.1. The molecule has 2 aliphatic heterocycles. The molecule has 12 atom stereocenters. The summed E-state index contributed by atoms with van der Waals surface area (Å²) in [7, 11) is 6.07. The van der Waals surface area contributed by atoms with Gasteiger partial charge in [0, 0.05) is 60.1 Å². The van der Waals surface area contributed by atoms with Crippen molar-refractivity contribution in [2.75, 3.05) is 53.3 Å². The smallest absolute Gasteiger partial charge is 0.410 e. The number of unbranched alkanes of at least 4 members (excludes halogenated alkanes) is 2. The number of likely N-dealkylation sites (N-methyl/N-ethyl adjacent to an activating group) is 2. The third kappa shape index (κ3) is 23.1. The number of aliphatic hydroxyl groups is 1. The lowest BCUT2D eigenvalue weighted by molar-refractivity contribution is -0.148. The molecule has 2 aliphatic rings. The summed E-state index contributed by atoms with van der Waals surface area (Å²) in [5.74, 6) is -6.21. The van der Waals surface area contributed by atoms with Gasteiger partial charge >= 0.3 is 12.1 Å². The van der Waals surface area contributed by atoms with Gasteiger partial charge in [-0.15, -0.1) is 0 Å². The number of anilines is 1. The molecule has 0 unspecified atom stereocenters. The second kappa shape index (κ2) is 39.4. The van der Waals surface area contributed by atoms with Crippen LogP contribution in [0.25, 0.3) is 0 Å². The van der Waals surface area contributed by atoms with Crippen LogP contribution in [-0.2, 0) is 64.0 Å². The molecule has 0 spiro atoms. The third-order valence-electron chi connectivity index (χ3n) is 17.9. The van der Waals surface area contributed by atoms with E-state index in [1.807, 2.05) is 32.0 Å². The number of primary amides is 1. The van der Waals surface area contributed by atoms with Crippen molar-refractivity contribution in [1.82, 2.24) is 46.2 Å². The van der Waals surface area contributed by atoms with Crippen LogP contribution >= 0.6 is 31.9 Å². The molecule has 9 N–H and O–H groups in total. The molecule has 4 rings (SSSR count). The maximum atomic E-state index is 14.8. The number of methoxy groups -OCH3 is 2. The van der Waals surface area contributed by atoms with E-state index in [1.165, 1.54) is 26.2 Å². The van der Waals surface area contributed by atoms with Crippen LogP contribution in [0.15, 0.2) is 63.6 Å². The van der Waals surface area contributed by atoms with Gasteiger partial charge in [-0.1, -0.05) is 118 Å². The van der Waals surface area contributed by atoms with Crippen LogP contribution in [0, 0.1) is 29.6 Å². The Hall–Kier alpha value is -7.01. The van der Waals surface area contributed by atoms with Crippen LogP contribution < -0.4 is 37.6 Å². The SMILES string of the molecule is CC[C@H](C)[C@@H]([C@@H](CC(=O)N1CCC[C@H]1[C@H](OC)[C@@H](C)C(=O)N[C@H](C)[C@@H](O)c1ccccc1)OC)N(C)C(=O)[C@@H](NC(=O)[C@H](C(C)C)N(C)C(=O)OCc1ccc(NC(=O)[C@H](CCCNC(N)=O)NC(=O)[C@@H](NC(=O)CCCCCN2C(=O)C(Br)=C(Br)C2=O)C(C)C)cc1)C(C)C. The number of urea groups is 1. The monoisotopic (exact) mass is 1470 g/mol. The van der Waals surface area contributed by atoms with E-state index < -0.39 is 132 Å². The largest absolute Gasteiger partial charge is 0.445 e. The van der Waals surface area contributed by atoms with Crippen molar-refractivity contribution in [2.24, 2.45) is 35.3 Å². The van der Waals surface area contributed by atoms with E-state index in [0.29, 0.717) is 61.9 Å². The highest BCUT2D eigenvalue weighted by atomic mass is 79.9. The van der Waals surface area contributed by atoms with E-state index in [9.17, 15) is 57.8 Å². The predicted octanol–water partition coefficient (Wildman–Crippen LogP) is 6.52. The number of amides is 12. The van der Waals surface area contributed by atoms with Crippen molar-refractivity contribution >= 4 is 103 Å². The zero-order valence-corrected chi connectivity index (χ0v) is 61.2. The first-order valence-corrected chi connectivity index (χ1v) is 34.7. The maximum absolute atomic E-state index is 14.8. The van der Waals surface area contributed by atoms with E-state index in [-0.39, 0.29) is 78.0 Å². The maximum Gasteiger partial charge on any atom is 0.410 e. The normalized spacial score (nSPS) is 17.5. The highest BCUT2D eigenvalue weighted by Gasteiger charge is 2.44. The predicted molar refractivity (Wildman–Crippen MR) is 369 cm³/mol. The number of rotatable bonds is 38. The molecule has 2 aromatic rings. The number of aliphatic hydroxyl groups excluding tert-OH is 1. The van der Waals surface area contributed by atoms with Gasteiger partial charge in [0.2, 0.25) is 41.4 Å². The van der Waals surface area contributed by atoms with Gasteiger partial charge in [-0.2, -0.15) is 0 Å². The number of hydrogen-bond acceptors (Lipinski definition) is 15. The minimum absolute atomic E-state index is 0.0654. The van der Waals surface area contributed by atoms with Gasteiger partial charge in [-0.25, -0.2) is 9.59 Å². The summed E-state index contributed by atoms with van der Waals surface area (Å²) in [5, 5.41) is 27.6. The third-order valence-corrected chi connectivity index (χ3v) is 19.9. The Kier molecular flexibility index (Phi) is 33.4. The molecular weight excluding hydrogens is 1370 g/mol. The van der Waals surface area contributed by atoms with Crippen molar-refractivity contribution < 1.29 is 72.1 Å². The molecule has 0 radical (unpaired) electrons. The fourth-order valence-corrected chi connectivity index (χ4v) is 12.9. The van der Waals surface area contributed by atoms with Gasteiger partial charge in [0.1, 0.15) is 39.7 Å². The fraction of sp³-hybridized carbons (Fsp3) is 0.632. The summed E-state index contributed by atoms with van der Waals surface area (Å²) in [5.41, 5.74) is 6.77. The first-order chi connectivity index (χ1) is 45.3. The molecule has 534 valence electrons. The standard InChI is InChI=1S/C68H103Br2N11O15/c1-15-41(8)57(49(94-13)36-51(83)80-35-23-27-48(80)59(95-14)42(9)60(85)73-43(10)58(84)45-24-18-16-19-25-45)78(11)66(91)55(39(4)5)77-63(88)56(40(6)7)79(12)68(93)96-37-44-29-31-46(32-30-44)74-61(86)47(26-22-33-72-67(71)92)75-62(87)54(38(2)3)76-50(82)28-20-17-21-34-81-64(89)52(69)53(70)65(81)90/h16,18-19,24-25,29-32,38-43,47-49,54-59,84H,15,17,20-23,26-28,33-37H2,1-14H3,(H,73,85)(H,74,86)(H,75,87)(H,76,82)(H,77,88)(H3,71,72,92)/t41-,42+,43+,47-,48-,49+,54-,55-,56-,57-,58+,59+/m0/s1. The van der Waals surface area contributed by atoms with Crippen LogP contribution in [0.5, 0.6) is 0 Å². The minimum atomic E-state index is -1.12. The zero-order chi connectivity index (χ0) is 71.8. The number of nitrogens with one attached hydrogen (secondary N) is 6. The lowest BCUT2D eigenvalue weighted by atomic mass is 9.89. The highest BCUT2D eigenvalue weighted by molar-refractivity contribution is 9.14. The Bertz CT molecular complexity index is 2990. The average molecular weight is 1470 g/mol. The molecule has 0 aromatic heterocycles. The Balaban J connectivity index is 1.37. The van der Waals surface area contributed by atoms with Gasteiger partial charge < -0.3 is 66.8 Å². The Labute approximate surface area is 582 Å². The van der Waals surface area contributed by atoms with Gasteiger partial charge in [0.05, 0.1) is 48.8 Å². The van der Waals surface area contributed by atoms with Crippen LogP contribution in [0.4, 0.5) is 15.3 Å². The fourth-order valence-electron chi connectivity index (χ4n) is 12.1. The number of halogens is 2. The first-order valence-electron chi connectivity index (χ1n) is 33.1. The Morgan fingerprint density at radius 1 is 0.719 bits per heavy atom. The summed E-state index contributed by atoms with van der Waals surface area (Å²) >= 11 is 6.21. The Morgan fingerprint density at radius 2 is 1.34 bits per heavy atom. The molecule has 2 heterocycles. The number of hydrogen-bond donors (Lipinski definition) is 8. The second-order valence-corrected chi connectivity index (χ2v) is 27.6. The molecule has 96 heavy (non-hydrogen) atoms. The molecule has 28 heteroatoms. The number of nitrogens with two attached hydrogens (primary N) is 1. The molecule has 12 amide bonds. The molecule has 2 aromatic carbocycles. The molecule has 26 nitrogen and oxygen atoms in total. The first kappa shape index (κ1) is 81.4. The summed E-state index contributed by atoms with van der Waals surface area (Å²) in [6.45, 7) is 18.5. The Morgan fingerprint density at radius 3 is 1.91 bits per heavy atom. The topological polar surface area (TPSA) is 347 Å². The van der Waals surface area contributed by atoms with Crippen LogP contribution in [0.3, 0.4) is 0 Å². The molecule has 1 fully saturated rings. The van der Waals surface area contributed by atoms with Gasteiger partial charge in [-0.05, 0) is 124 Å². The summed E-state index contributed by atoms with van der Waals surface area (Å²) in [4.78, 5) is 154. The number of carbonyl (C=O) groups excluding carboxylic acids is 11. The zero-order valence-electron chi connectivity index (χ0n) is 58.0. The summed E-state index contributed by atoms with van der Waals surface area (Å²) in [6.07, 6.45) is 0.366. The molecule has 1 saturated heterocycles. The highest BCUT2D eigenvalue weighted by Crippen LogP contribution is 2.32. The van der Waals surface area contributed by atoms with E-state index in [0.717, 1.165) is 4.90 Å². The quantitative estimate of drug-likeness (QED) is 0.0262. The van der Waals surface area contributed by atoms with Crippen molar-refractivity contribution in [3.05, 3.63) is 74.7 Å². The number of imide groups is 1. The van der Waals surface area contributed by atoms with E-state index in [4.69, 9.17) is 19.9 Å². The van der Waals surface area contributed by atoms with Crippen molar-refractivity contribution in [1.29, 1.82) is 0 Å². The van der Waals surface area contributed by atoms with E-state index in [1.54, 1.807) is 109 Å². The molecule has 0 bridgehead atoms. The van der Waals surface area contributed by atoms with E-state index >= 15 is 0 Å². The van der Waals surface area contributed by atoms with Crippen LogP contribution in [-0.4, -0.2) is 192 Å². The molecular formula is C68H103Br2N11O15. The van der Waals surface area contributed by atoms with Crippen molar-refractivity contribution in [2.45, 2.75) is 201 Å². The lowest BCUT2D eigenvalue weighted by Gasteiger charge is -2.41. The van der Waals surface area contributed by atoms with Crippen LogP contribution in [0.1, 0.15) is 151 Å². The summed E-state index contributed by atoms with van der Waals surface area (Å²) in [6, 6.07) is 8.69. The van der Waals surface area contributed by atoms with E-state index in [2.05, 4.69) is 63.8 Å².